The van der Waals surface area contributed by atoms with Crippen LogP contribution in [0, 0.1) is 5.82 Å². The van der Waals surface area contributed by atoms with E-state index in [0.29, 0.717) is 0 Å². The first-order chi connectivity index (χ1) is 9.09. The summed E-state index contributed by atoms with van der Waals surface area (Å²) >= 11 is 5.62. The first-order valence-electron chi connectivity index (χ1n) is 5.53. The number of nitrogens with two attached hydrogens (primary N) is 1. The van der Waals surface area contributed by atoms with Crippen molar-refractivity contribution in [1.29, 1.82) is 0 Å². The van der Waals surface area contributed by atoms with Crippen molar-refractivity contribution < 1.29 is 21.2 Å². The molecule has 1 aromatic rings. The van der Waals surface area contributed by atoms with E-state index < -0.39 is 36.3 Å². The Kier molecular flexibility index (Phi) is 5.36. The first-order valence-corrected chi connectivity index (χ1v) is 9.22. The highest BCUT2D eigenvalue weighted by molar-refractivity contribution is 7.91. The van der Waals surface area contributed by atoms with Crippen LogP contribution < -0.4 is 10.5 Å². The number of nitrogens with one attached hydrogen (secondary N) is 1. The molecule has 0 aliphatic carbocycles. The third-order valence-corrected chi connectivity index (χ3v) is 5.85. The molecule has 0 amide bonds. The average molecular weight is 345 g/mol. The quantitative estimate of drug-likeness (QED) is 0.741. The lowest BCUT2D eigenvalue weighted by Gasteiger charge is -2.09. The van der Waals surface area contributed by atoms with Crippen LogP contribution in [0.5, 0.6) is 0 Å². The molecule has 6 nitrogen and oxygen atoms in total. The van der Waals surface area contributed by atoms with Crippen molar-refractivity contribution >= 4 is 37.1 Å². The van der Waals surface area contributed by atoms with Crippen LogP contribution in [0.1, 0.15) is 6.92 Å². The van der Waals surface area contributed by atoms with Gasteiger partial charge in [0.25, 0.3) is 0 Å². The lowest BCUT2D eigenvalue weighted by molar-refractivity contribution is 0.560. The maximum atomic E-state index is 13.7. The third-order valence-electron chi connectivity index (χ3n) is 2.47. The van der Waals surface area contributed by atoms with Gasteiger partial charge in [0, 0.05) is 17.3 Å². The van der Waals surface area contributed by atoms with Crippen molar-refractivity contribution in [2.75, 3.05) is 23.8 Å². The maximum Gasteiger partial charge on any atom is 0.243 e. The second kappa shape index (κ2) is 6.25. The van der Waals surface area contributed by atoms with Crippen LogP contribution >= 0.6 is 11.6 Å². The fraction of sp³-hybridized carbons (Fsp3) is 0.400. The van der Waals surface area contributed by atoms with Gasteiger partial charge in [-0.1, -0.05) is 18.5 Å². The molecular formula is C10H14ClFN2O4S2. The molecule has 0 fully saturated rings. The Bertz CT molecular complexity index is 704. The molecule has 0 aliphatic rings. The molecule has 1 rings (SSSR count). The zero-order valence-corrected chi connectivity index (χ0v) is 12.9. The van der Waals surface area contributed by atoms with Gasteiger partial charge >= 0.3 is 0 Å². The van der Waals surface area contributed by atoms with E-state index >= 15 is 0 Å². The highest BCUT2D eigenvalue weighted by atomic mass is 35.5. The largest absolute Gasteiger partial charge is 0.396 e. The highest BCUT2D eigenvalue weighted by Gasteiger charge is 2.22. The number of halogens is 2. The molecule has 0 heterocycles. The van der Waals surface area contributed by atoms with Crippen LogP contribution in [-0.4, -0.2) is 34.9 Å². The molecule has 114 valence electrons. The molecule has 20 heavy (non-hydrogen) atoms. The van der Waals surface area contributed by atoms with E-state index in [1.807, 2.05) is 4.72 Å². The smallest absolute Gasteiger partial charge is 0.243 e. The third kappa shape index (κ3) is 4.30. The van der Waals surface area contributed by atoms with Crippen LogP contribution in [0.25, 0.3) is 0 Å². The van der Waals surface area contributed by atoms with Crippen molar-refractivity contribution in [1.82, 2.24) is 4.72 Å². The average Bonchev–Trinajstić information content (AvgIpc) is 2.33. The molecule has 0 saturated heterocycles. The normalized spacial score (nSPS) is 12.6. The van der Waals surface area contributed by atoms with E-state index in [9.17, 15) is 21.2 Å². The molecule has 0 aliphatic heterocycles. The SMILES string of the molecule is CCS(=O)(=O)CCNS(=O)(=O)c1cc(Cl)cc(N)c1F. The van der Waals surface area contributed by atoms with Crippen LogP contribution in [0.2, 0.25) is 5.02 Å². The topological polar surface area (TPSA) is 106 Å². The van der Waals surface area contributed by atoms with Crippen molar-refractivity contribution in [3.05, 3.63) is 23.0 Å². The summed E-state index contributed by atoms with van der Waals surface area (Å²) in [5, 5.41) is -0.0366. The Balaban J connectivity index is 2.96. The molecule has 0 spiro atoms. The number of nitrogen functional groups attached to an aromatic ring is 1. The minimum Gasteiger partial charge on any atom is -0.396 e. The molecule has 1 aromatic carbocycles. The lowest BCUT2D eigenvalue weighted by atomic mass is 10.3. The Hall–Kier alpha value is -0.900. The summed E-state index contributed by atoms with van der Waals surface area (Å²) < 4.78 is 61.9. The summed E-state index contributed by atoms with van der Waals surface area (Å²) in [7, 11) is -7.54. The van der Waals surface area contributed by atoms with E-state index in [0.717, 1.165) is 12.1 Å². The van der Waals surface area contributed by atoms with Crippen molar-refractivity contribution in [2.45, 2.75) is 11.8 Å². The monoisotopic (exact) mass is 344 g/mol. The predicted molar refractivity (Wildman–Crippen MR) is 75.3 cm³/mol. The minimum atomic E-state index is -4.22. The zero-order valence-electron chi connectivity index (χ0n) is 10.6. The summed E-state index contributed by atoms with van der Waals surface area (Å²) in [5.41, 5.74) is 4.89. The van der Waals surface area contributed by atoms with Crippen molar-refractivity contribution in [3.8, 4) is 0 Å². The van der Waals surface area contributed by atoms with Gasteiger partial charge in [-0.25, -0.2) is 25.9 Å². The van der Waals surface area contributed by atoms with Crippen LogP contribution in [0.4, 0.5) is 10.1 Å². The molecule has 0 bridgehead atoms. The van der Waals surface area contributed by atoms with Crippen molar-refractivity contribution in [2.24, 2.45) is 0 Å². The van der Waals surface area contributed by atoms with Crippen LogP contribution in [-0.2, 0) is 19.9 Å². The van der Waals surface area contributed by atoms with Gasteiger partial charge in [0.15, 0.2) is 15.7 Å². The van der Waals surface area contributed by atoms with Crippen LogP contribution in [0.3, 0.4) is 0 Å². The van der Waals surface area contributed by atoms with E-state index in [2.05, 4.69) is 0 Å². The second-order valence-corrected chi connectivity index (χ2v) is 8.59. The van der Waals surface area contributed by atoms with Gasteiger partial charge in [0.05, 0.1) is 11.4 Å². The summed E-state index contributed by atoms with van der Waals surface area (Å²) in [6.45, 7) is 1.09. The number of rotatable bonds is 6. The van der Waals surface area contributed by atoms with Crippen molar-refractivity contribution in [3.63, 3.8) is 0 Å². The Labute approximate surface area is 122 Å². The first kappa shape index (κ1) is 17.2. The molecule has 3 N–H and O–H groups in total. The molecule has 0 saturated carbocycles. The van der Waals surface area contributed by atoms with E-state index in [4.69, 9.17) is 17.3 Å². The minimum absolute atomic E-state index is 0.0366. The molecule has 0 unspecified atom stereocenters. The molecule has 0 atom stereocenters. The number of hydrogen-bond acceptors (Lipinski definition) is 5. The number of sulfone groups is 1. The van der Waals surface area contributed by atoms with Crippen LogP contribution in [0.15, 0.2) is 17.0 Å². The Morgan fingerprint density at radius 2 is 1.90 bits per heavy atom. The fourth-order valence-electron chi connectivity index (χ4n) is 1.33. The van der Waals surface area contributed by atoms with Gasteiger partial charge in [0.1, 0.15) is 4.90 Å². The van der Waals surface area contributed by atoms with Gasteiger partial charge in [-0.05, 0) is 12.1 Å². The summed E-state index contributed by atoms with van der Waals surface area (Å²) in [6.07, 6.45) is 0. The summed E-state index contributed by atoms with van der Waals surface area (Å²) in [5.74, 6) is -1.60. The number of anilines is 1. The lowest BCUT2D eigenvalue weighted by Crippen LogP contribution is -2.30. The fourth-order valence-corrected chi connectivity index (χ4v) is 3.62. The van der Waals surface area contributed by atoms with E-state index in [-0.39, 0.29) is 23.1 Å². The van der Waals surface area contributed by atoms with E-state index in [1.54, 1.807) is 0 Å². The summed E-state index contributed by atoms with van der Waals surface area (Å²) in [6, 6.07) is 1.99. The zero-order chi connectivity index (χ0) is 15.6. The number of sulfonamides is 1. The van der Waals surface area contributed by atoms with Gasteiger partial charge < -0.3 is 5.73 Å². The van der Waals surface area contributed by atoms with E-state index in [1.165, 1.54) is 6.92 Å². The molecule has 10 heteroatoms. The van der Waals surface area contributed by atoms with Gasteiger partial charge in [-0.3, -0.25) is 0 Å². The molecule has 0 aromatic heterocycles. The highest BCUT2D eigenvalue weighted by Crippen LogP contribution is 2.24. The second-order valence-electron chi connectivity index (χ2n) is 3.94. The maximum absolute atomic E-state index is 13.7. The molecule has 0 radical (unpaired) electrons. The van der Waals surface area contributed by atoms with Gasteiger partial charge in [0.2, 0.25) is 10.0 Å². The van der Waals surface area contributed by atoms with Gasteiger partial charge in [-0.15, -0.1) is 0 Å². The standard InChI is InChI=1S/C10H14ClFN2O4S2/c1-2-19(15,16)4-3-14-20(17,18)9-6-7(11)5-8(13)10(9)12/h5-6,14H,2-4,13H2,1H3. The molecular weight excluding hydrogens is 331 g/mol. The predicted octanol–water partition coefficient (Wildman–Crippen LogP) is 0.774. The number of hydrogen-bond donors (Lipinski definition) is 2. The number of benzene rings is 1. The summed E-state index contributed by atoms with van der Waals surface area (Å²) in [4.78, 5) is -0.712. The Morgan fingerprint density at radius 3 is 2.45 bits per heavy atom. The van der Waals surface area contributed by atoms with Gasteiger partial charge in [-0.2, -0.15) is 0 Å². The Morgan fingerprint density at radius 1 is 1.30 bits per heavy atom.